The summed E-state index contributed by atoms with van der Waals surface area (Å²) in [6.07, 6.45) is 4.07. The molecular formula is C16H22BrClO. The zero-order chi connectivity index (χ0) is 13.8. The van der Waals surface area contributed by atoms with Crippen molar-refractivity contribution in [1.29, 1.82) is 0 Å². The highest BCUT2D eigenvalue weighted by atomic mass is 79.9. The number of ether oxygens (including phenoxy) is 1. The van der Waals surface area contributed by atoms with Crippen molar-refractivity contribution in [1.82, 2.24) is 0 Å². The second kappa shape index (κ2) is 7.10. The monoisotopic (exact) mass is 344 g/mol. The first-order chi connectivity index (χ1) is 9.10. The Bertz CT molecular complexity index is 399. The summed E-state index contributed by atoms with van der Waals surface area (Å²) >= 11 is 9.83. The Labute approximate surface area is 129 Å². The van der Waals surface area contributed by atoms with Gasteiger partial charge >= 0.3 is 0 Å². The Morgan fingerprint density at radius 1 is 1.21 bits per heavy atom. The van der Waals surface area contributed by atoms with Crippen LogP contribution in [0.2, 0.25) is 5.02 Å². The largest absolute Gasteiger partial charge is 0.369 e. The molecule has 0 heterocycles. The molecule has 19 heavy (non-hydrogen) atoms. The first-order valence-electron chi connectivity index (χ1n) is 7.06. The summed E-state index contributed by atoms with van der Waals surface area (Å²) in [5, 5.41) is 1.58. The molecule has 0 spiro atoms. The third-order valence-electron chi connectivity index (χ3n) is 3.88. The zero-order valence-electron chi connectivity index (χ0n) is 11.6. The van der Waals surface area contributed by atoms with E-state index >= 15 is 0 Å². The molecule has 1 nitrogen and oxygen atoms in total. The number of hydrogen-bond donors (Lipinski definition) is 0. The summed E-state index contributed by atoms with van der Waals surface area (Å²) < 4.78 is 6.32. The maximum atomic E-state index is 6.32. The van der Waals surface area contributed by atoms with Crippen LogP contribution in [0.1, 0.15) is 44.8 Å². The number of hydrogen-bond acceptors (Lipinski definition) is 1. The van der Waals surface area contributed by atoms with Crippen molar-refractivity contribution in [2.75, 3.05) is 5.33 Å². The van der Waals surface area contributed by atoms with Crippen LogP contribution in [0.15, 0.2) is 24.3 Å². The van der Waals surface area contributed by atoms with Gasteiger partial charge in [-0.25, -0.2) is 0 Å². The topological polar surface area (TPSA) is 9.23 Å². The van der Waals surface area contributed by atoms with Crippen LogP contribution in [-0.4, -0.2) is 11.4 Å². The summed E-state index contributed by atoms with van der Waals surface area (Å²) in [6.45, 7) is 4.65. The van der Waals surface area contributed by atoms with E-state index in [0.717, 1.165) is 40.6 Å². The Hall–Kier alpha value is -0.0500. The Morgan fingerprint density at radius 3 is 2.42 bits per heavy atom. The molecule has 0 aliphatic heterocycles. The molecule has 0 amide bonds. The van der Waals surface area contributed by atoms with Crippen molar-refractivity contribution in [2.24, 2.45) is 11.8 Å². The van der Waals surface area contributed by atoms with Gasteiger partial charge in [-0.05, 0) is 37.2 Å². The molecule has 1 aliphatic rings. The maximum absolute atomic E-state index is 6.32. The van der Waals surface area contributed by atoms with E-state index < -0.39 is 0 Å². The van der Waals surface area contributed by atoms with Crippen molar-refractivity contribution < 1.29 is 4.74 Å². The van der Waals surface area contributed by atoms with E-state index in [1.54, 1.807) is 0 Å². The number of benzene rings is 1. The minimum absolute atomic E-state index is 0.0520. The molecule has 0 aromatic heterocycles. The smallest absolute Gasteiger partial charge is 0.0939 e. The molecule has 0 radical (unpaired) electrons. The van der Waals surface area contributed by atoms with Gasteiger partial charge in [-0.1, -0.05) is 59.6 Å². The molecule has 106 valence electrons. The van der Waals surface area contributed by atoms with E-state index in [1.807, 2.05) is 18.2 Å². The van der Waals surface area contributed by atoms with Crippen molar-refractivity contribution >= 4 is 27.5 Å². The standard InChI is InChI=1S/C16H22BrClO/c1-11-7-12(2)9-13(8-11)19-16(10-17)14-5-3-4-6-15(14)18/h3-6,11-13,16H,7-10H2,1-2H3. The van der Waals surface area contributed by atoms with E-state index in [-0.39, 0.29) is 6.10 Å². The number of alkyl halides is 1. The molecule has 0 N–H and O–H groups in total. The van der Waals surface area contributed by atoms with Crippen molar-refractivity contribution in [3.05, 3.63) is 34.9 Å². The van der Waals surface area contributed by atoms with Gasteiger partial charge in [0.1, 0.15) is 0 Å². The molecule has 1 saturated carbocycles. The van der Waals surface area contributed by atoms with E-state index in [4.69, 9.17) is 16.3 Å². The van der Waals surface area contributed by atoms with Crippen LogP contribution in [0.4, 0.5) is 0 Å². The van der Waals surface area contributed by atoms with Gasteiger partial charge in [0.05, 0.1) is 12.2 Å². The predicted octanol–water partition coefficient (Wildman–Crippen LogP) is 5.62. The minimum Gasteiger partial charge on any atom is -0.369 e. The molecule has 1 aromatic rings. The van der Waals surface area contributed by atoms with Crippen LogP contribution < -0.4 is 0 Å². The molecule has 1 aliphatic carbocycles. The third kappa shape index (κ3) is 4.21. The van der Waals surface area contributed by atoms with Gasteiger partial charge in [-0.2, -0.15) is 0 Å². The Kier molecular flexibility index (Phi) is 5.73. The summed E-state index contributed by atoms with van der Waals surface area (Å²) in [7, 11) is 0. The Balaban J connectivity index is 2.05. The fraction of sp³-hybridized carbons (Fsp3) is 0.625. The highest BCUT2D eigenvalue weighted by Gasteiger charge is 2.27. The van der Waals surface area contributed by atoms with Crippen molar-refractivity contribution in [3.63, 3.8) is 0 Å². The molecule has 0 bridgehead atoms. The van der Waals surface area contributed by atoms with Gasteiger partial charge in [0, 0.05) is 15.9 Å². The van der Waals surface area contributed by atoms with Crippen LogP contribution >= 0.6 is 27.5 Å². The van der Waals surface area contributed by atoms with Gasteiger partial charge < -0.3 is 4.74 Å². The zero-order valence-corrected chi connectivity index (χ0v) is 14.0. The summed E-state index contributed by atoms with van der Waals surface area (Å²) in [5.41, 5.74) is 1.09. The quantitative estimate of drug-likeness (QED) is 0.644. The average molecular weight is 346 g/mol. The molecule has 2 rings (SSSR count). The van der Waals surface area contributed by atoms with Gasteiger partial charge in [-0.15, -0.1) is 0 Å². The molecule has 3 heteroatoms. The first-order valence-corrected chi connectivity index (χ1v) is 8.56. The second-order valence-electron chi connectivity index (χ2n) is 5.84. The lowest BCUT2D eigenvalue weighted by Crippen LogP contribution is -2.28. The van der Waals surface area contributed by atoms with Gasteiger partial charge in [-0.3, -0.25) is 0 Å². The Morgan fingerprint density at radius 2 is 1.84 bits per heavy atom. The lowest BCUT2D eigenvalue weighted by molar-refractivity contribution is -0.0400. The predicted molar refractivity (Wildman–Crippen MR) is 85.0 cm³/mol. The van der Waals surface area contributed by atoms with Crippen LogP contribution in [0.5, 0.6) is 0 Å². The van der Waals surface area contributed by atoms with Crippen molar-refractivity contribution in [2.45, 2.75) is 45.3 Å². The summed E-state index contributed by atoms with van der Waals surface area (Å²) in [6, 6.07) is 7.97. The van der Waals surface area contributed by atoms with Gasteiger partial charge in [0.15, 0.2) is 0 Å². The van der Waals surface area contributed by atoms with Gasteiger partial charge in [0.2, 0.25) is 0 Å². The normalized spacial score (nSPS) is 29.2. The van der Waals surface area contributed by atoms with Crippen LogP contribution in [0.25, 0.3) is 0 Å². The van der Waals surface area contributed by atoms with Crippen LogP contribution in [0.3, 0.4) is 0 Å². The molecule has 0 saturated heterocycles. The molecule has 1 fully saturated rings. The fourth-order valence-electron chi connectivity index (χ4n) is 3.15. The van der Waals surface area contributed by atoms with Crippen molar-refractivity contribution in [3.8, 4) is 0 Å². The first kappa shape index (κ1) is 15.3. The number of halogens is 2. The molecule has 3 unspecified atom stereocenters. The lowest BCUT2D eigenvalue weighted by Gasteiger charge is -2.34. The molecule has 1 aromatic carbocycles. The van der Waals surface area contributed by atoms with E-state index in [9.17, 15) is 0 Å². The average Bonchev–Trinajstić information content (AvgIpc) is 2.36. The third-order valence-corrected chi connectivity index (χ3v) is 4.82. The fourth-order valence-corrected chi connectivity index (χ4v) is 3.90. The maximum Gasteiger partial charge on any atom is 0.0939 e. The van der Waals surface area contributed by atoms with Crippen LogP contribution in [0, 0.1) is 11.8 Å². The summed E-state index contributed by atoms with van der Waals surface area (Å²) in [4.78, 5) is 0. The molecule has 3 atom stereocenters. The van der Waals surface area contributed by atoms with Crippen LogP contribution in [-0.2, 0) is 4.74 Å². The minimum atomic E-state index is 0.0520. The summed E-state index contributed by atoms with van der Waals surface area (Å²) in [5.74, 6) is 1.52. The van der Waals surface area contributed by atoms with E-state index in [2.05, 4.69) is 35.8 Å². The van der Waals surface area contributed by atoms with Gasteiger partial charge in [0.25, 0.3) is 0 Å². The number of rotatable bonds is 4. The molecular weight excluding hydrogens is 324 g/mol. The highest BCUT2D eigenvalue weighted by molar-refractivity contribution is 9.09. The lowest BCUT2D eigenvalue weighted by atomic mass is 9.81. The second-order valence-corrected chi connectivity index (χ2v) is 6.89. The van der Waals surface area contributed by atoms with E-state index in [0.29, 0.717) is 6.10 Å². The highest BCUT2D eigenvalue weighted by Crippen LogP contribution is 2.35. The van der Waals surface area contributed by atoms with E-state index in [1.165, 1.54) is 6.42 Å². The SMILES string of the molecule is CC1CC(C)CC(OC(CBr)c2ccccc2Cl)C1.